The van der Waals surface area contributed by atoms with Crippen LogP contribution in [0.1, 0.15) is 65.7 Å². The minimum Gasteiger partial charge on any atom is -0.406 e. The van der Waals surface area contributed by atoms with Gasteiger partial charge in [-0.15, -0.1) is 13.2 Å². The molecule has 1 amide bonds. The van der Waals surface area contributed by atoms with E-state index in [0.717, 1.165) is 36.3 Å². The van der Waals surface area contributed by atoms with Gasteiger partial charge in [-0.05, 0) is 78.1 Å². The number of anilines is 1. The fraction of sp³-hybridized carbons (Fsp3) is 0.333. The number of imidazole rings is 1. The summed E-state index contributed by atoms with van der Waals surface area (Å²) in [6, 6.07) is 14.0. The summed E-state index contributed by atoms with van der Waals surface area (Å²) in [6.45, 7) is 8.87. The van der Waals surface area contributed by atoms with Crippen LogP contribution in [-0.4, -0.2) is 28.8 Å². The summed E-state index contributed by atoms with van der Waals surface area (Å²) in [5.74, 6) is 0.500. The first-order valence-corrected chi connectivity index (χ1v) is 13.4. The smallest absolute Gasteiger partial charge is 0.406 e. The van der Waals surface area contributed by atoms with E-state index in [1.54, 1.807) is 24.3 Å². The second-order valence-electron chi connectivity index (χ2n) is 10.3. The van der Waals surface area contributed by atoms with E-state index in [1.807, 2.05) is 19.1 Å². The molecule has 0 atom stereocenters. The number of aromatic nitrogens is 2. The van der Waals surface area contributed by atoms with Gasteiger partial charge in [0.25, 0.3) is 5.91 Å². The number of nitrogens with one attached hydrogen (secondary N) is 3. The van der Waals surface area contributed by atoms with Crippen molar-refractivity contribution in [3.8, 4) is 5.75 Å². The number of halogens is 4. The number of aromatic amines is 1. The zero-order chi connectivity index (χ0) is 28.9. The number of aryl methyl sites for hydroxylation is 1. The van der Waals surface area contributed by atoms with Crippen LogP contribution in [0, 0.1) is 5.41 Å². The SMILES string of the molecule is C=C(Cl)/C=C\c1nc(C(=O)NCc2ccc(C3CC(C)(CNc4ccc(OC(F)(F)F)cc4)C3)cc2)c(CC)[nH]1. The molecular weight excluding hydrogens is 541 g/mol. The maximum atomic E-state index is 12.8. The van der Waals surface area contributed by atoms with E-state index in [1.165, 1.54) is 17.7 Å². The molecule has 0 radical (unpaired) electrons. The topological polar surface area (TPSA) is 79.0 Å². The van der Waals surface area contributed by atoms with Crippen molar-refractivity contribution in [1.29, 1.82) is 0 Å². The van der Waals surface area contributed by atoms with Crippen molar-refractivity contribution in [2.75, 3.05) is 11.9 Å². The van der Waals surface area contributed by atoms with Gasteiger partial charge in [-0.3, -0.25) is 4.79 Å². The fourth-order valence-electron chi connectivity index (χ4n) is 4.90. The van der Waals surface area contributed by atoms with Gasteiger partial charge >= 0.3 is 6.36 Å². The molecule has 0 aliphatic heterocycles. The molecule has 4 rings (SSSR count). The maximum absolute atomic E-state index is 12.8. The molecule has 212 valence electrons. The Morgan fingerprint density at radius 2 is 1.88 bits per heavy atom. The molecule has 10 heteroatoms. The Morgan fingerprint density at radius 3 is 2.48 bits per heavy atom. The molecule has 1 saturated carbocycles. The van der Waals surface area contributed by atoms with Crippen LogP contribution >= 0.6 is 11.6 Å². The molecule has 0 bridgehead atoms. The van der Waals surface area contributed by atoms with E-state index < -0.39 is 6.36 Å². The summed E-state index contributed by atoms with van der Waals surface area (Å²) >= 11 is 5.77. The number of alkyl halides is 3. The van der Waals surface area contributed by atoms with E-state index in [-0.39, 0.29) is 17.1 Å². The third-order valence-electron chi connectivity index (χ3n) is 6.98. The molecule has 1 aromatic heterocycles. The second kappa shape index (κ2) is 12.2. The highest BCUT2D eigenvalue weighted by Crippen LogP contribution is 2.50. The molecule has 40 heavy (non-hydrogen) atoms. The highest BCUT2D eigenvalue weighted by atomic mass is 35.5. The number of nitrogens with zero attached hydrogens (tertiary/aromatic N) is 1. The first kappa shape index (κ1) is 29.3. The highest BCUT2D eigenvalue weighted by molar-refractivity contribution is 6.31. The van der Waals surface area contributed by atoms with Crippen LogP contribution in [0.4, 0.5) is 18.9 Å². The van der Waals surface area contributed by atoms with Gasteiger partial charge in [-0.1, -0.05) is 56.3 Å². The number of ether oxygens (including phenoxy) is 1. The summed E-state index contributed by atoms with van der Waals surface area (Å²) in [4.78, 5) is 20.3. The Bertz CT molecular complexity index is 1360. The van der Waals surface area contributed by atoms with Gasteiger partial charge < -0.3 is 20.4 Å². The molecule has 3 N–H and O–H groups in total. The second-order valence-corrected chi connectivity index (χ2v) is 10.8. The summed E-state index contributed by atoms with van der Waals surface area (Å²) in [5.41, 5.74) is 4.20. The molecule has 0 unspecified atom stereocenters. The van der Waals surface area contributed by atoms with Crippen LogP contribution < -0.4 is 15.4 Å². The first-order valence-electron chi connectivity index (χ1n) is 13.0. The predicted octanol–water partition coefficient (Wildman–Crippen LogP) is 7.56. The summed E-state index contributed by atoms with van der Waals surface area (Å²) < 4.78 is 40.9. The van der Waals surface area contributed by atoms with Crippen molar-refractivity contribution in [2.24, 2.45) is 5.41 Å². The normalized spacial score (nSPS) is 18.8. The number of carbonyl (C=O) groups is 1. The van der Waals surface area contributed by atoms with Crippen LogP contribution in [-0.2, 0) is 13.0 Å². The third kappa shape index (κ3) is 7.91. The maximum Gasteiger partial charge on any atom is 0.573 e. The summed E-state index contributed by atoms with van der Waals surface area (Å²) in [6.07, 6.45) is 1.23. The Hall–Kier alpha value is -3.72. The molecule has 2 aromatic carbocycles. The molecule has 1 heterocycles. The fourth-order valence-corrected chi connectivity index (χ4v) is 4.96. The zero-order valence-corrected chi connectivity index (χ0v) is 23.1. The number of rotatable bonds is 11. The van der Waals surface area contributed by atoms with Crippen LogP contribution in [0.2, 0.25) is 0 Å². The lowest BCUT2D eigenvalue weighted by Gasteiger charge is -2.46. The molecule has 0 spiro atoms. The van der Waals surface area contributed by atoms with Crippen molar-refractivity contribution >= 4 is 29.3 Å². The molecule has 1 fully saturated rings. The van der Waals surface area contributed by atoms with Crippen molar-refractivity contribution in [1.82, 2.24) is 15.3 Å². The van der Waals surface area contributed by atoms with Gasteiger partial charge in [-0.25, -0.2) is 4.98 Å². The molecule has 0 saturated heterocycles. The number of H-pyrrole nitrogens is 1. The number of benzene rings is 2. The van der Waals surface area contributed by atoms with E-state index >= 15 is 0 Å². The Balaban J connectivity index is 1.24. The standard InChI is InChI=1S/C30H32ClF3N4O2/c1-4-25-27(38-26(37-25)14-5-19(2)31)28(39)35-17-20-6-8-21(9-7-20)22-15-29(3,16-22)18-36-23-10-12-24(13-11-23)40-30(32,33)34/h5-14,22,36H,2,4,15-18H2,1,3H3,(H,35,39)(H,37,38)/b14-5-. The number of carbonyl (C=O) groups excluding carboxylic acids is 1. The van der Waals surface area contributed by atoms with Crippen LogP contribution in [0.25, 0.3) is 6.08 Å². The lowest BCUT2D eigenvalue weighted by Crippen LogP contribution is -2.38. The number of hydrogen-bond acceptors (Lipinski definition) is 4. The van der Waals surface area contributed by atoms with Gasteiger partial charge in [0, 0.05) is 29.5 Å². The number of hydrogen-bond donors (Lipinski definition) is 3. The van der Waals surface area contributed by atoms with Crippen LogP contribution in [0.15, 0.2) is 66.2 Å². The van der Waals surface area contributed by atoms with E-state index in [0.29, 0.717) is 35.4 Å². The monoisotopic (exact) mass is 572 g/mol. The molecule has 1 aliphatic rings. The van der Waals surface area contributed by atoms with Crippen molar-refractivity contribution in [3.05, 3.63) is 94.6 Å². The van der Waals surface area contributed by atoms with Crippen molar-refractivity contribution in [2.45, 2.75) is 51.9 Å². The van der Waals surface area contributed by atoms with Gasteiger partial charge in [-0.2, -0.15) is 0 Å². The zero-order valence-electron chi connectivity index (χ0n) is 22.4. The average molecular weight is 573 g/mol. The number of amides is 1. The largest absolute Gasteiger partial charge is 0.573 e. The quantitative estimate of drug-likeness (QED) is 0.207. The van der Waals surface area contributed by atoms with E-state index in [2.05, 4.69) is 51.0 Å². The Morgan fingerprint density at radius 1 is 1.20 bits per heavy atom. The lowest BCUT2D eigenvalue weighted by atomic mass is 9.61. The van der Waals surface area contributed by atoms with Crippen molar-refractivity contribution in [3.63, 3.8) is 0 Å². The molecule has 1 aliphatic carbocycles. The first-order chi connectivity index (χ1) is 18.9. The van der Waals surface area contributed by atoms with E-state index in [4.69, 9.17) is 11.6 Å². The van der Waals surface area contributed by atoms with E-state index in [9.17, 15) is 18.0 Å². The lowest BCUT2D eigenvalue weighted by molar-refractivity contribution is -0.274. The van der Waals surface area contributed by atoms with Gasteiger partial charge in [0.2, 0.25) is 0 Å². The Labute approximate surface area is 236 Å². The summed E-state index contributed by atoms with van der Waals surface area (Å²) in [5, 5.41) is 6.64. The van der Waals surface area contributed by atoms with Crippen LogP contribution in [0.5, 0.6) is 5.75 Å². The molecular formula is C30H32ClF3N4O2. The minimum absolute atomic E-state index is 0.0873. The third-order valence-corrected chi connectivity index (χ3v) is 7.10. The minimum atomic E-state index is -4.70. The van der Waals surface area contributed by atoms with Gasteiger partial charge in [0.05, 0.1) is 0 Å². The van der Waals surface area contributed by atoms with Gasteiger partial charge in [0.15, 0.2) is 0 Å². The van der Waals surface area contributed by atoms with Crippen LogP contribution in [0.3, 0.4) is 0 Å². The molecule has 6 nitrogen and oxygen atoms in total. The average Bonchev–Trinajstić information content (AvgIpc) is 3.32. The molecule has 3 aromatic rings. The highest BCUT2D eigenvalue weighted by Gasteiger charge is 2.40. The predicted molar refractivity (Wildman–Crippen MR) is 151 cm³/mol. The van der Waals surface area contributed by atoms with Gasteiger partial charge in [0.1, 0.15) is 17.3 Å². The Kier molecular flexibility index (Phi) is 8.93. The summed E-state index contributed by atoms with van der Waals surface area (Å²) in [7, 11) is 0. The number of allylic oxidation sites excluding steroid dienone is 2. The van der Waals surface area contributed by atoms with Crippen molar-refractivity contribution < 1.29 is 22.7 Å².